The van der Waals surface area contributed by atoms with Crippen LogP contribution >= 0.6 is 0 Å². The van der Waals surface area contributed by atoms with Crippen molar-refractivity contribution in [2.24, 2.45) is 0 Å². The number of carbonyl (C=O) groups is 3. The highest BCUT2D eigenvalue weighted by atomic mass is 19.4. The van der Waals surface area contributed by atoms with Gasteiger partial charge in [-0.05, 0) is 43.1 Å². The molecule has 0 bridgehead atoms. The van der Waals surface area contributed by atoms with Gasteiger partial charge in [-0.3, -0.25) is 23.5 Å². The Kier molecular flexibility index (Phi) is 10.3. The first-order valence-corrected chi connectivity index (χ1v) is 13.7. The highest BCUT2D eigenvalue weighted by Gasteiger charge is 2.38. The third-order valence-corrected chi connectivity index (χ3v) is 6.80. The largest absolute Gasteiger partial charge is 0.483 e. The van der Waals surface area contributed by atoms with E-state index in [1.165, 1.54) is 23.0 Å². The van der Waals surface area contributed by atoms with Crippen molar-refractivity contribution in [1.82, 2.24) is 40.1 Å². The lowest BCUT2D eigenvalue weighted by Crippen LogP contribution is -2.42. The molecule has 1 aliphatic rings. The monoisotopic (exact) mass is 626 g/mol. The van der Waals surface area contributed by atoms with Crippen LogP contribution in [0.3, 0.4) is 0 Å². The van der Waals surface area contributed by atoms with Crippen LogP contribution in [0, 0.1) is 11.3 Å². The lowest BCUT2D eigenvalue weighted by Gasteiger charge is -2.14. The summed E-state index contributed by atoms with van der Waals surface area (Å²) >= 11 is 0. The minimum atomic E-state index is -4.74. The fraction of sp³-hybridized carbons (Fsp3) is 0.321. The van der Waals surface area contributed by atoms with Crippen LogP contribution in [0.25, 0.3) is 16.9 Å². The van der Waals surface area contributed by atoms with Crippen LogP contribution in [0.5, 0.6) is 0 Å². The maximum absolute atomic E-state index is 13.7. The number of amides is 2. The molecule has 2 amide bonds. The van der Waals surface area contributed by atoms with Crippen LogP contribution in [0.2, 0.25) is 0 Å². The first-order chi connectivity index (χ1) is 21.6. The number of halogens is 3. The van der Waals surface area contributed by atoms with E-state index in [-0.39, 0.29) is 60.1 Å². The second-order valence-electron chi connectivity index (χ2n) is 9.75. The zero-order valence-corrected chi connectivity index (χ0v) is 23.9. The highest BCUT2D eigenvalue weighted by Crippen LogP contribution is 2.37. The van der Waals surface area contributed by atoms with Crippen molar-refractivity contribution in [3.63, 3.8) is 0 Å². The van der Waals surface area contributed by atoms with E-state index >= 15 is 0 Å². The number of benzene rings is 1. The molecule has 1 aliphatic heterocycles. The predicted octanol–water partition coefficient (Wildman–Crippen LogP) is 2.35. The van der Waals surface area contributed by atoms with Gasteiger partial charge in [0.05, 0.1) is 30.1 Å². The Labute approximate surface area is 254 Å². The molecule has 1 aromatic carbocycles. The number of aryl methyl sites for hydroxylation is 1. The van der Waals surface area contributed by atoms with Gasteiger partial charge in [0, 0.05) is 42.4 Å². The average molecular weight is 627 g/mol. The fourth-order valence-corrected chi connectivity index (χ4v) is 4.81. The zero-order valence-electron chi connectivity index (χ0n) is 23.9. The SMILES string of the molecule is CCc1cc(Nc2nccn3c(-c4cn(CC#N)nc4C(F)(F)F)cnc23)ccc1C(=O)NCC(=O)N[C@@H]1CCNC1.O=CO. The Hall–Kier alpha value is -5.50. The molecule has 1 atom stereocenters. The summed E-state index contributed by atoms with van der Waals surface area (Å²) in [5.74, 6) is -0.362. The maximum Gasteiger partial charge on any atom is 0.435 e. The van der Waals surface area contributed by atoms with Crippen LogP contribution < -0.4 is 21.3 Å². The number of fused-ring (bicyclic) bond motifs is 1. The normalized spacial score (nSPS) is 14.2. The molecule has 0 aliphatic carbocycles. The first kappa shape index (κ1) is 32.4. The van der Waals surface area contributed by atoms with Gasteiger partial charge < -0.3 is 26.4 Å². The van der Waals surface area contributed by atoms with Crippen LogP contribution in [0.4, 0.5) is 24.7 Å². The van der Waals surface area contributed by atoms with Gasteiger partial charge in [0.25, 0.3) is 12.4 Å². The molecule has 0 saturated carbocycles. The molecule has 1 saturated heterocycles. The molecule has 5 rings (SSSR count). The molecule has 0 radical (unpaired) electrons. The minimum Gasteiger partial charge on any atom is -0.483 e. The van der Waals surface area contributed by atoms with Crippen LogP contribution in [0.1, 0.15) is 35.0 Å². The average Bonchev–Trinajstić information content (AvgIpc) is 3.77. The molecule has 17 heteroatoms. The number of aromatic nitrogens is 5. The van der Waals surface area contributed by atoms with Crippen molar-refractivity contribution in [1.29, 1.82) is 5.26 Å². The van der Waals surface area contributed by atoms with Crippen molar-refractivity contribution in [3.05, 3.63) is 59.8 Å². The lowest BCUT2D eigenvalue weighted by molar-refractivity contribution is -0.141. The van der Waals surface area contributed by atoms with E-state index in [9.17, 15) is 22.8 Å². The molecular formula is C28H29F3N10O4. The number of rotatable bonds is 9. The third kappa shape index (κ3) is 7.72. The summed E-state index contributed by atoms with van der Waals surface area (Å²) in [5.41, 5.74) is 0.756. The molecular weight excluding hydrogens is 597 g/mol. The number of imidazole rings is 1. The quantitative estimate of drug-likeness (QED) is 0.172. The number of nitrogens with zero attached hydrogens (tertiary/aromatic N) is 6. The number of carbonyl (C=O) groups excluding carboxylic acids is 2. The van der Waals surface area contributed by atoms with E-state index in [4.69, 9.17) is 15.2 Å². The molecule has 1 fully saturated rings. The fourth-order valence-electron chi connectivity index (χ4n) is 4.81. The molecule has 45 heavy (non-hydrogen) atoms. The summed E-state index contributed by atoms with van der Waals surface area (Å²) in [6.07, 6.45) is 1.98. The van der Waals surface area contributed by atoms with E-state index in [0.717, 1.165) is 23.8 Å². The summed E-state index contributed by atoms with van der Waals surface area (Å²) in [6.45, 7) is 2.71. The smallest absolute Gasteiger partial charge is 0.435 e. The van der Waals surface area contributed by atoms with Gasteiger partial charge >= 0.3 is 6.18 Å². The van der Waals surface area contributed by atoms with Gasteiger partial charge in [0.2, 0.25) is 5.91 Å². The van der Waals surface area contributed by atoms with E-state index < -0.39 is 11.9 Å². The van der Waals surface area contributed by atoms with Crippen LogP contribution in [-0.2, 0) is 28.7 Å². The Morgan fingerprint density at radius 3 is 2.73 bits per heavy atom. The predicted molar refractivity (Wildman–Crippen MR) is 154 cm³/mol. The van der Waals surface area contributed by atoms with Gasteiger partial charge in [-0.1, -0.05) is 6.92 Å². The van der Waals surface area contributed by atoms with Gasteiger partial charge in [-0.25, -0.2) is 9.97 Å². The van der Waals surface area contributed by atoms with Gasteiger partial charge in [-0.2, -0.15) is 23.5 Å². The minimum absolute atomic E-state index is 0.0585. The van der Waals surface area contributed by atoms with Crippen molar-refractivity contribution in [3.8, 4) is 17.3 Å². The Morgan fingerprint density at radius 2 is 2.07 bits per heavy atom. The summed E-state index contributed by atoms with van der Waals surface area (Å²) < 4.78 is 43.6. The van der Waals surface area contributed by atoms with Crippen molar-refractivity contribution in [2.75, 3.05) is 25.0 Å². The zero-order chi connectivity index (χ0) is 32.6. The number of hydrogen-bond acceptors (Lipinski definition) is 9. The van der Waals surface area contributed by atoms with Crippen molar-refractivity contribution >= 4 is 35.4 Å². The molecule has 236 valence electrons. The van der Waals surface area contributed by atoms with Crippen molar-refractivity contribution in [2.45, 2.75) is 38.5 Å². The van der Waals surface area contributed by atoms with E-state index in [2.05, 4.69) is 36.3 Å². The lowest BCUT2D eigenvalue weighted by atomic mass is 10.0. The van der Waals surface area contributed by atoms with Gasteiger partial charge in [0.1, 0.15) is 6.54 Å². The molecule has 0 spiro atoms. The number of anilines is 2. The van der Waals surface area contributed by atoms with Crippen molar-refractivity contribution < 1.29 is 32.7 Å². The van der Waals surface area contributed by atoms with Crippen LogP contribution in [0.15, 0.2) is 43.0 Å². The number of alkyl halides is 3. The van der Waals surface area contributed by atoms with E-state index in [1.807, 2.05) is 6.92 Å². The molecule has 3 aromatic heterocycles. The second-order valence-corrected chi connectivity index (χ2v) is 9.75. The molecule has 4 heterocycles. The molecule has 5 N–H and O–H groups in total. The second kappa shape index (κ2) is 14.3. The maximum atomic E-state index is 13.7. The topological polar surface area (TPSA) is 191 Å². The van der Waals surface area contributed by atoms with E-state index in [1.54, 1.807) is 24.3 Å². The Balaban J connectivity index is 0.00000148. The van der Waals surface area contributed by atoms with Crippen LogP contribution in [-0.4, -0.2) is 73.2 Å². The molecule has 0 unspecified atom stereocenters. The first-order valence-electron chi connectivity index (χ1n) is 13.7. The Morgan fingerprint density at radius 1 is 1.29 bits per heavy atom. The molecule has 4 aromatic rings. The number of hydrogen-bond donors (Lipinski definition) is 5. The number of carboxylic acid groups (broad SMARTS) is 1. The summed E-state index contributed by atoms with van der Waals surface area (Å²) in [4.78, 5) is 42.0. The van der Waals surface area contributed by atoms with Gasteiger partial charge in [0.15, 0.2) is 17.2 Å². The van der Waals surface area contributed by atoms with Gasteiger partial charge in [-0.15, -0.1) is 0 Å². The number of nitriles is 1. The highest BCUT2D eigenvalue weighted by molar-refractivity contribution is 5.98. The summed E-state index contributed by atoms with van der Waals surface area (Å²) in [7, 11) is 0. The summed E-state index contributed by atoms with van der Waals surface area (Å²) in [5, 5.41) is 31.2. The molecule has 14 nitrogen and oxygen atoms in total. The third-order valence-electron chi connectivity index (χ3n) is 6.80. The standard InChI is InChI=1S/C27H27F3N10O2.CH2O2/c1-2-16-11-17(3-4-19(16)26(42)35-14-22(41)36-18-5-7-32-12-18)37-24-25-34-13-21(40(25)10-8-33-24)20-15-39(9-6-31)38-23(20)27(28,29)30;2-1-3/h3-4,8,10-11,13,15,18,32H,2,5,7,9,12,14H2,1H3,(H,33,37)(H,35,42)(H,36,41);1H,(H,2,3)/t18-;/m1./s1. The van der Waals surface area contributed by atoms with E-state index in [0.29, 0.717) is 29.8 Å². The number of nitrogens with one attached hydrogen (secondary N) is 4. The summed E-state index contributed by atoms with van der Waals surface area (Å²) in [6, 6.07) is 6.91. The Bertz CT molecular complexity index is 1720.